The molecular formula is C13H31O6P2+. The molecule has 0 heterocycles. The SMILES string of the molecule is CCCCCCCCCCCCCP(=O)(O)O.O=[P+](O)O. The van der Waals surface area contributed by atoms with E-state index in [1.807, 2.05) is 0 Å². The van der Waals surface area contributed by atoms with Gasteiger partial charge in [-0.05, 0) is 6.42 Å². The highest BCUT2D eigenvalue weighted by molar-refractivity contribution is 7.51. The van der Waals surface area contributed by atoms with Gasteiger partial charge in [-0.1, -0.05) is 71.1 Å². The van der Waals surface area contributed by atoms with E-state index in [0.717, 1.165) is 12.8 Å². The van der Waals surface area contributed by atoms with Crippen molar-refractivity contribution in [3.63, 3.8) is 0 Å². The smallest absolute Gasteiger partial charge is 0.324 e. The molecule has 21 heavy (non-hydrogen) atoms. The van der Waals surface area contributed by atoms with Gasteiger partial charge in [-0.3, -0.25) is 4.57 Å². The fourth-order valence-corrected chi connectivity index (χ4v) is 2.62. The summed E-state index contributed by atoms with van der Waals surface area (Å²) in [6.07, 6.45) is 13.4. The molecule has 0 bridgehead atoms. The number of unbranched alkanes of at least 4 members (excludes halogenated alkanes) is 10. The van der Waals surface area contributed by atoms with Gasteiger partial charge in [0.25, 0.3) is 0 Å². The molecule has 6 nitrogen and oxygen atoms in total. The molecule has 0 spiro atoms. The van der Waals surface area contributed by atoms with Crippen molar-refractivity contribution in [3.05, 3.63) is 0 Å². The van der Waals surface area contributed by atoms with Crippen molar-refractivity contribution in [3.8, 4) is 0 Å². The van der Waals surface area contributed by atoms with E-state index in [1.54, 1.807) is 0 Å². The molecule has 0 aromatic heterocycles. The van der Waals surface area contributed by atoms with E-state index in [4.69, 9.17) is 24.1 Å². The van der Waals surface area contributed by atoms with Gasteiger partial charge in [0.15, 0.2) is 0 Å². The maximum atomic E-state index is 10.6. The third-order valence-electron chi connectivity index (χ3n) is 3.05. The number of hydrogen-bond acceptors (Lipinski definition) is 2. The van der Waals surface area contributed by atoms with Crippen molar-refractivity contribution in [2.24, 2.45) is 0 Å². The Morgan fingerprint density at radius 2 is 1.05 bits per heavy atom. The zero-order valence-electron chi connectivity index (χ0n) is 13.0. The first-order valence-corrected chi connectivity index (χ1v) is 10.7. The second-order valence-corrected chi connectivity index (χ2v) is 7.46. The topological polar surface area (TPSA) is 115 Å². The average Bonchev–Trinajstić information content (AvgIpc) is 2.34. The van der Waals surface area contributed by atoms with Gasteiger partial charge in [0, 0.05) is 10.7 Å². The van der Waals surface area contributed by atoms with Crippen molar-refractivity contribution in [2.75, 3.05) is 6.16 Å². The Balaban J connectivity index is 0. The van der Waals surface area contributed by atoms with E-state index in [-0.39, 0.29) is 6.16 Å². The van der Waals surface area contributed by atoms with Crippen molar-refractivity contribution < 1.29 is 28.7 Å². The predicted octanol–water partition coefficient (Wildman–Crippen LogP) is 4.10. The van der Waals surface area contributed by atoms with Gasteiger partial charge in [-0.2, -0.15) is 0 Å². The Bertz CT molecular complexity index is 276. The minimum atomic E-state index is -3.74. The second kappa shape index (κ2) is 16.5. The maximum absolute atomic E-state index is 10.6. The van der Waals surface area contributed by atoms with Crippen LogP contribution in [-0.4, -0.2) is 25.7 Å². The first kappa shape index (κ1) is 23.4. The predicted molar refractivity (Wildman–Crippen MR) is 85.4 cm³/mol. The van der Waals surface area contributed by atoms with Crippen LogP contribution in [0.3, 0.4) is 0 Å². The summed E-state index contributed by atoms with van der Waals surface area (Å²) >= 11 is 0. The molecule has 0 aliphatic heterocycles. The molecule has 0 aliphatic rings. The summed E-state index contributed by atoms with van der Waals surface area (Å²) in [5, 5.41) is 0. The lowest BCUT2D eigenvalue weighted by Gasteiger charge is -2.04. The summed E-state index contributed by atoms with van der Waals surface area (Å²) in [5.74, 6) is 0. The third-order valence-corrected chi connectivity index (χ3v) is 3.95. The van der Waals surface area contributed by atoms with Gasteiger partial charge in [0.05, 0.1) is 0 Å². The zero-order valence-corrected chi connectivity index (χ0v) is 14.8. The van der Waals surface area contributed by atoms with E-state index < -0.39 is 15.9 Å². The minimum Gasteiger partial charge on any atom is -0.324 e. The first-order chi connectivity index (χ1) is 9.79. The summed E-state index contributed by atoms with van der Waals surface area (Å²) in [4.78, 5) is 31.6. The van der Waals surface area contributed by atoms with Crippen LogP contribution < -0.4 is 0 Å². The molecule has 0 unspecified atom stereocenters. The van der Waals surface area contributed by atoms with Gasteiger partial charge < -0.3 is 9.79 Å². The Kier molecular flexibility index (Phi) is 18.5. The van der Waals surface area contributed by atoms with Gasteiger partial charge in [-0.15, -0.1) is 9.79 Å². The maximum Gasteiger partial charge on any atom is 0.692 e. The molecule has 128 valence electrons. The molecule has 0 amide bonds. The summed E-state index contributed by atoms with van der Waals surface area (Å²) < 4.78 is 19.3. The monoisotopic (exact) mass is 345 g/mol. The average molecular weight is 345 g/mol. The van der Waals surface area contributed by atoms with Crippen LogP contribution in [0.5, 0.6) is 0 Å². The lowest BCUT2D eigenvalue weighted by atomic mass is 10.1. The lowest BCUT2D eigenvalue weighted by molar-refractivity contribution is 0.370. The van der Waals surface area contributed by atoms with Crippen LogP contribution in [0.4, 0.5) is 0 Å². The van der Waals surface area contributed by atoms with Gasteiger partial charge >= 0.3 is 15.9 Å². The van der Waals surface area contributed by atoms with Gasteiger partial charge in [0.1, 0.15) is 0 Å². The number of rotatable bonds is 12. The van der Waals surface area contributed by atoms with Crippen LogP contribution in [0, 0.1) is 0 Å². The molecule has 4 N–H and O–H groups in total. The molecule has 8 heteroatoms. The fraction of sp³-hybridized carbons (Fsp3) is 1.00. The highest BCUT2D eigenvalue weighted by atomic mass is 31.2. The summed E-state index contributed by atoms with van der Waals surface area (Å²) in [5.41, 5.74) is 0. The quantitative estimate of drug-likeness (QED) is 0.313. The van der Waals surface area contributed by atoms with Crippen LogP contribution >= 0.6 is 15.9 Å². The van der Waals surface area contributed by atoms with E-state index in [0.29, 0.717) is 6.42 Å². The van der Waals surface area contributed by atoms with Crippen LogP contribution in [0.15, 0.2) is 0 Å². The Labute approximate surface area is 129 Å². The molecule has 0 radical (unpaired) electrons. The third kappa shape index (κ3) is 33.2. The van der Waals surface area contributed by atoms with Crippen molar-refractivity contribution >= 4 is 15.9 Å². The van der Waals surface area contributed by atoms with E-state index in [9.17, 15) is 4.57 Å². The fourth-order valence-electron chi connectivity index (χ4n) is 1.98. The van der Waals surface area contributed by atoms with Crippen LogP contribution in [0.2, 0.25) is 0 Å². The lowest BCUT2D eigenvalue weighted by Crippen LogP contribution is -1.88. The van der Waals surface area contributed by atoms with Gasteiger partial charge in [-0.25, -0.2) is 0 Å². The standard InChI is InChI=1S/C13H29O3P.HO3P/c1-2-3-4-5-6-7-8-9-10-11-12-13-17(14,15)16;1-4(2)3/h2-13H2,1H3,(H2,14,15,16);(H-,1,2,3)/p+1. The molecule has 0 saturated carbocycles. The van der Waals surface area contributed by atoms with Crippen LogP contribution in [0.25, 0.3) is 0 Å². The molecule has 0 aromatic carbocycles. The normalized spacial score (nSPS) is 10.9. The van der Waals surface area contributed by atoms with E-state index >= 15 is 0 Å². The van der Waals surface area contributed by atoms with Crippen molar-refractivity contribution in [1.29, 1.82) is 0 Å². The highest BCUT2D eigenvalue weighted by Crippen LogP contribution is 2.35. The summed E-state index contributed by atoms with van der Waals surface area (Å²) in [7, 11) is -6.61. The Morgan fingerprint density at radius 1 is 0.762 bits per heavy atom. The Hall–Kier alpha value is 0.170. The molecular weight excluding hydrogens is 314 g/mol. The van der Waals surface area contributed by atoms with E-state index in [1.165, 1.54) is 51.4 Å². The molecule has 0 fully saturated rings. The summed E-state index contributed by atoms with van der Waals surface area (Å²) in [6, 6.07) is 0. The second-order valence-electron chi connectivity index (χ2n) is 5.18. The largest absolute Gasteiger partial charge is 0.692 e. The zero-order chi connectivity index (χ0) is 16.6. The highest BCUT2D eigenvalue weighted by Gasteiger charge is 2.10. The van der Waals surface area contributed by atoms with Crippen molar-refractivity contribution in [2.45, 2.75) is 77.6 Å². The van der Waals surface area contributed by atoms with Crippen LogP contribution in [0.1, 0.15) is 77.6 Å². The van der Waals surface area contributed by atoms with Crippen molar-refractivity contribution in [1.82, 2.24) is 0 Å². The van der Waals surface area contributed by atoms with Gasteiger partial charge in [0.2, 0.25) is 0 Å². The molecule has 0 rings (SSSR count). The molecule has 0 saturated heterocycles. The van der Waals surface area contributed by atoms with E-state index in [2.05, 4.69) is 6.92 Å². The number of hydrogen-bond donors (Lipinski definition) is 4. The molecule has 0 aromatic rings. The van der Waals surface area contributed by atoms with Crippen LogP contribution in [-0.2, 0) is 9.13 Å². The Morgan fingerprint density at radius 3 is 1.33 bits per heavy atom. The molecule has 0 aliphatic carbocycles. The molecule has 0 atom stereocenters. The summed E-state index contributed by atoms with van der Waals surface area (Å²) in [6.45, 7) is 2.23. The minimum absolute atomic E-state index is 0.0595. The first-order valence-electron chi connectivity index (χ1n) is 7.69.